The highest BCUT2D eigenvalue weighted by Crippen LogP contribution is 2.50. The minimum atomic E-state index is 0.0824. The minimum Gasteiger partial charge on any atom is -0.453 e. The lowest BCUT2D eigenvalue weighted by atomic mass is 9.20. The quantitative estimate of drug-likeness (QED) is 0.127. The van der Waals surface area contributed by atoms with E-state index in [-0.39, 0.29) is 13.4 Å². The molecule has 2 nitrogen and oxygen atoms in total. The molecule has 7 aromatic carbocycles. The molecule has 0 aromatic heterocycles. The second-order valence-electron chi connectivity index (χ2n) is 20.4. The molecular weight excluding hydrogens is 772 g/mol. The first kappa shape index (κ1) is 43.5. The van der Waals surface area contributed by atoms with Crippen LogP contribution in [-0.4, -0.2) is 13.4 Å². The molecule has 0 atom stereocenters. The zero-order valence-corrected chi connectivity index (χ0v) is 40.3. The molecule has 2 heterocycles. The van der Waals surface area contributed by atoms with Crippen LogP contribution in [0.15, 0.2) is 140 Å². The third-order valence-electron chi connectivity index (χ3n) is 14.1. The molecule has 64 heavy (non-hydrogen) atoms. The molecule has 0 bridgehead atoms. The van der Waals surface area contributed by atoms with E-state index in [9.17, 15) is 0 Å². The van der Waals surface area contributed by atoms with Crippen LogP contribution in [0.5, 0.6) is 11.5 Å². The van der Waals surface area contributed by atoms with Gasteiger partial charge in [0.15, 0.2) is 11.5 Å². The SMILES string of the molecule is CC(C)c1cc(C(C)C)c(B2c3ccccc3B(c3c(C(C)C)cc(C(C)C)cc3C(C)C)c3cc(-c4ccc(N5c6ccccc6Oc6ccccc65)cc4)ccc32)c(C(C)C)c1. The lowest BCUT2D eigenvalue weighted by Crippen LogP contribution is -2.76. The number of anilines is 3. The summed E-state index contributed by atoms with van der Waals surface area (Å²) in [5.41, 5.74) is 23.2. The van der Waals surface area contributed by atoms with Gasteiger partial charge in [-0.25, -0.2) is 0 Å². The van der Waals surface area contributed by atoms with Crippen molar-refractivity contribution in [2.75, 3.05) is 4.90 Å². The number of rotatable bonds is 10. The fraction of sp³-hybridized carbons (Fsp3) is 0.300. The highest BCUT2D eigenvalue weighted by molar-refractivity contribution is 7.11. The third-order valence-corrected chi connectivity index (χ3v) is 14.1. The standard InChI is InChI=1S/C60H65B2NO/c1-36(2)44-31-47(38(5)6)59(48(32-44)39(7)8)61-51-19-13-14-20-52(51)62(60-49(40(9)10)33-45(37(3)4)34-50(60)41(11)12)54-35-43(27-30-53(54)61)42-25-28-46(29-26-42)63-55-21-15-17-23-57(55)64-58-24-18-16-22-56(58)63/h13-41H,1-12H3. The molecule has 7 aromatic rings. The van der Waals surface area contributed by atoms with Crippen LogP contribution < -0.4 is 42.4 Å². The summed E-state index contributed by atoms with van der Waals surface area (Å²) in [4.78, 5) is 2.33. The largest absolute Gasteiger partial charge is 0.453 e. The molecule has 4 heteroatoms. The van der Waals surface area contributed by atoms with Crippen molar-refractivity contribution < 1.29 is 4.74 Å². The van der Waals surface area contributed by atoms with Crippen molar-refractivity contribution in [2.24, 2.45) is 0 Å². The van der Waals surface area contributed by atoms with Gasteiger partial charge in [0.1, 0.15) is 0 Å². The van der Waals surface area contributed by atoms with Crippen molar-refractivity contribution in [3.63, 3.8) is 0 Å². The maximum Gasteiger partial charge on any atom is 0.240 e. The Balaban J connectivity index is 1.29. The minimum absolute atomic E-state index is 0.0824. The highest BCUT2D eigenvalue weighted by Gasteiger charge is 2.43. The van der Waals surface area contributed by atoms with E-state index in [1.54, 1.807) is 0 Å². The Bertz CT molecular complexity index is 2740. The van der Waals surface area contributed by atoms with E-state index in [0.29, 0.717) is 35.5 Å². The van der Waals surface area contributed by atoms with Gasteiger partial charge < -0.3 is 9.64 Å². The number of hydrogen-bond donors (Lipinski definition) is 0. The highest BCUT2D eigenvalue weighted by atomic mass is 16.5. The van der Waals surface area contributed by atoms with Crippen molar-refractivity contribution >= 4 is 63.3 Å². The number of para-hydroxylation sites is 4. The summed E-state index contributed by atoms with van der Waals surface area (Å²) in [5.74, 6) is 4.14. The smallest absolute Gasteiger partial charge is 0.240 e. The van der Waals surface area contributed by atoms with E-state index in [0.717, 1.165) is 28.6 Å². The Labute approximate surface area is 385 Å². The molecule has 9 rings (SSSR count). The summed E-state index contributed by atoms with van der Waals surface area (Å²) in [6, 6.07) is 53.1. The second-order valence-corrected chi connectivity index (χ2v) is 20.4. The second kappa shape index (κ2) is 17.3. The van der Waals surface area contributed by atoms with Crippen molar-refractivity contribution in [1.29, 1.82) is 0 Å². The molecule has 0 aliphatic carbocycles. The molecule has 0 fully saturated rings. The van der Waals surface area contributed by atoms with E-state index >= 15 is 0 Å². The van der Waals surface area contributed by atoms with E-state index < -0.39 is 0 Å². The molecule has 2 aliphatic rings. The maximum atomic E-state index is 6.37. The Morgan fingerprint density at radius 1 is 0.359 bits per heavy atom. The first-order chi connectivity index (χ1) is 30.7. The number of ether oxygens (including phenoxy) is 1. The predicted octanol–water partition coefficient (Wildman–Crippen LogP) is 13.0. The van der Waals surface area contributed by atoms with Gasteiger partial charge in [0, 0.05) is 5.69 Å². The fourth-order valence-corrected chi connectivity index (χ4v) is 10.7. The normalized spacial score (nSPS) is 13.2. The van der Waals surface area contributed by atoms with Gasteiger partial charge in [-0.2, -0.15) is 0 Å². The van der Waals surface area contributed by atoms with E-state index in [1.165, 1.54) is 77.3 Å². The van der Waals surface area contributed by atoms with Gasteiger partial charge in [-0.1, -0.05) is 219 Å². The molecule has 0 spiro atoms. The van der Waals surface area contributed by atoms with Crippen LogP contribution in [0.25, 0.3) is 11.1 Å². The maximum absolute atomic E-state index is 6.37. The van der Waals surface area contributed by atoms with Crippen LogP contribution >= 0.6 is 0 Å². The molecular formula is C60H65B2NO. The van der Waals surface area contributed by atoms with Crippen LogP contribution in [0.4, 0.5) is 17.1 Å². The summed E-state index contributed by atoms with van der Waals surface area (Å²) >= 11 is 0. The van der Waals surface area contributed by atoms with Crippen LogP contribution in [0.2, 0.25) is 0 Å². The number of nitrogens with zero attached hydrogens (tertiary/aromatic N) is 1. The zero-order chi connectivity index (χ0) is 45.1. The van der Waals surface area contributed by atoms with Crippen molar-refractivity contribution in [3.8, 4) is 22.6 Å². The molecule has 0 N–H and O–H groups in total. The third kappa shape index (κ3) is 7.61. The van der Waals surface area contributed by atoms with Gasteiger partial charge in [0.2, 0.25) is 13.4 Å². The Hall–Kier alpha value is -5.73. The summed E-state index contributed by atoms with van der Waals surface area (Å²) in [7, 11) is 0. The summed E-state index contributed by atoms with van der Waals surface area (Å²) in [6.07, 6.45) is 0. The first-order valence-electron chi connectivity index (χ1n) is 24.1. The van der Waals surface area contributed by atoms with Crippen molar-refractivity contribution in [1.82, 2.24) is 0 Å². The average molecular weight is 838 g/mol. The van der Waals surface area contributed by atoms with Crippen LogP contribution in [0.1, 0.15) is 152 Å². The van der Waals surface area contributed by atoms with Crippen LogP contribution in [0.3, 0.4) is 0 Å². The van der Waals surface area contributed by atoms with Gasteiger partial charge in [-0.05, 0) is 116 Å². The van der Waals surface area contributed by atoms with Crippen molar-refractivity contribution in [3.05, 3.63) is 173 Å². The molecule has 0 unspecified atom stereocenters. The lowest BCUT2D eigenvalue weighted by molar-refractivity contribution is 0.477. The monoisotopic (exact) mass is 838 g/mol. The molecule has 0 radical (unpaired) electrons. The van der Waals surface area contributed by atoms with Gasteiger partial charge in [-0.3, -0.25) is 0 Å². The van der Waals surface area contributed by atoms with Gasteiger partial charge in [0.05, 0.1) is 11.4 Å². The summed E-state index contributed by atoms with van der Waals surface area (Å²) < 4.78 is 6.37. The van der Waals surface area contributed by atoms with Crippen LogP contribution in [0, 0.1) is 0 Å². The predicted molar refractivity (Wildman–Crippen MR) is 280 cm³/mol. The fourth-order valence-electron chi connectivity index (χ4n) is 10.7. The van der Waals surface area contributed by atoms with Gasteiger partial charge >= 0.3 is 0 Å². The zero-order valence-electron chi connectivity index (χ0n) is 40.3. The van der Waals surface area contributed by atoms with E-state index in [4.69, 9.17) is 4.74 Å². The topological polar surface area (TPSA) is 12.5 Å². The Morgan fingerprint density at radius 3 is 1.16 bits per heavy atom. The Kier molecular flexibility index (Phi) is 11.8. The molecule has 0 saturated heterocycles. The number of hydrogen-bond acceptors (Lipinski definition) is 2. The van der Waals surface area contributed by atoms with E-state index in [1.807, 2.05) is 12.1 Å². The molecule has 2 aliphatic heterocycles. The summed E-state index contributed by atoms with van der Waals surface area (Å²) in [6.45, 7) is 28.7. The molecule has 322 valence electrons. The van der Waals surface area contributed by atoms with E-state index in [2.05, 4.69) is 215 Å². The molecule has 0 saturated carbocycles. The Morgan fingerprint density at radius 2 is 0.734 bits per heavy atom. The van der Waals surface area contributed by atoms with Gasteiger partial charge in [-0.15, -0.1) is 0 Å². The average Bonchev–Trinajstić information content (AvgIpc) is 3.28. The first-order valence-corrected chi connectivity index (χ1v) is 24.1. The number of fused-ring (bicyclic) bond motifs is 4. The van der Waals surface area contributed by atoms with Crippen LogP contribution in [-0.2, 0) is 0 Å². The lowest BCUT2D eigenvalue weighted by Gasteiger charge is -2.37. The van der Waals surface area contributed by atoms with Crippen molar-refractivity contribution in [2.45, 2.75) is 119 Å². The number of benzene rings is 7. The molecule has 0 amide bonds. The van der Waals surface area contributed by atoms with Gasteiger partial charge in [0.25, 0.3) is 0 Å². The summed E-state index contributed by atoms with van der Waals surface area (Å²) in [5, 5.41) is 0.